The molecule has 1 aliphatic carbocycles. The first-order valence-corrected chi connectivity index (χ1v) is 13.0. The van der Waals surface area contributed by atoms with E-state index >= 15 is 0 Å². The highest BCUT2D eigenvalue weighted by Gasteiger charge is 2.31. The Morgan fingerprint density at radius 3 is 2.11 bits per heavy atom. The molecule has 1 aliphatic rings. The lowest BCUT2D eigenvalue weighted by Crippen LogP contribution is -2.43. The number of amides is 2. The molecule has 3 aromatic rings. The Bertz CT molecular complexity index is 1190. The molecule has 4 rings (SSSR count). The Kier molecular flexibility index (Phi) is 8.58. The van der Waals surface area contributed by atoms with Crippen molar-refractivity contribution >= 4 is 40.2 Å². The van der Waals surface area contributed by atoms with Crippen LogP contribution in [0.1, 0.15) is 53.6 Å². The number of aliphatic hydroxyl groups excluding tert-OH is 1. The van der Waals surface area contributed by atoms with Crippen molar-refractivity contribution < 1.29 is 14.7 Å². The van der Waals surface area contributed by atoms with E-state index in [0.29, 0.717) is 11.1 Å². The highest BCUT2D eigenvalue weighted by molar-refractivity contribution is 14.1. The molecule has 3 aromatic carbocycles. The van der Waals surface area contributed by atoms with Crippen LogP contribution in [-0.2, 0) is 11.3 Å². The van der Waals surface area contributed by atoms with Crippen LogP contribution in [0.2, 0.25) is 0 Å². The summed E-state index contributed by atoms with van der Waals surface area (Å²) in [6.07, 6.45) is 5.07. The summed E-state index contributed by atoms with van der Waals surface area (Å²) in [5.74, 6) is -0.988. The van der Waals surface area contributed by atoms with Crippen molar-refractivity contribution in [2.75, 3.05) is 0 Å². The molecule has 0 bridgehead atoms. The van der Waals surface area contributed by atoms with Crippen LogP contribution in [0.3, 0.4) is 0 Å². The molecule has 2 N–H and O–H groups in total. The predicted molar refractivity (Wildman–Crippen MR) is 146 cm³/mol. The Morgan fingerprint density at radius 1 is 0.857 bits per heavy atom. The van der Waals surface area contributed by atoms with Gasteiger partial charge in [0.2, 0.25) is 0 Å². The molecule has 5 nitrogen and oxygen atoms in total. The Hall–Kier alpha value is -3.13. The van der Waals surface area contributed by atoms with Crippen LogP contribution >= 0.6 is 22.6 Å². The number of rotatable bonds is 7. The minimum absolute atomic E-state index is 0.0281. The molecule has 1 saturated carbocycles. The van der Waals surface area contributed by atoms with Gasteiger partial charge in [-0.15, -0.1) is 0 Å². The number of hydrogen-bond acceptors (Lipinski definition) is 3. The minimum atomic E-state index is -0.437. The van der Waals surface area contributed by atoms with E-state index in [1.807, 2.05) is 48.5 Å². The van der Waals surface area contributed by atoms with Gasteiger partial charge in [-0.3, -0.25) is 14.5 Å². The van der Waals surface area contributed by atoms with Gasteiger partial charge in [0.15, 0.2) is 11.5 Å². The van der Waals surface area contributed by atoms with E-state index in [2.05, 4.69) is 27.9 Å². The van der Waals surface area contributed by atoms with Crippen molar-refractivity contribution in [3.63, 3.8) is 0 Å². The average Bonchev–Trinajstić information content (AvgIpc) is 2.90. The van der Waals surface area contributed by atoms with Crippen LogP contribution in [0.4, 0.5) is 0 Å². The SMILES string of the molecule is O=C(NC1CCCCC1)/C(=C(\O)c1ccccc1)N(Cc1ccccc1)C(=O)c1ccccc1I. The second-order valence-electron chi connectivity index (χ2n) is 8.73. The fraction of sp³-hybridized carbons (Fsp3) is 0.241. The maximum Gasteiger partial charge on any atom is 0.272 e. The van der Waals surface area contributed by atoms with Crippen molar-refractivity contribution in [3.05, 3.63) is 111 Å². The molecule has 2 amide bonds. The van der Waals surface area contributed by atoms with E-state index < -0.39 is 5.91 Å². The fourth-order valence-corrected chi connectivity index (χ4v) is 5.01. The predicted octanol–water partition coefficient (Wildman–Crippen LogP) is 6.31. The van der Waals surface area contributed by atoms with Crippen LogP contribution in [-0.4, -0.2) is 27.9 Å². The molecule has 0 radical (unpaired) electrons. The molecule has 0 aliphatic heterocycles. The molecule has 0 aromatic heterocycles. The number of nitrogens with zero attached hydrogens (tertiary/aromatic N) is 1. The molecule has 0 unspecified atom stereocenters. The third kappa shape index (κ3) is 6.31. The first kappa shape index (κ1) is 25.0. The molecule has 1 fully saturated rings. The first-order valence-electron chi connectivity index (χ1n) is 11.9. The van der Waals surface area contributed by atoms with Gasteiger partial charge in [0, 0.05) is 15.2 Å². The topological polar surface area (TPSA) is 69.6 Å². The Morgan fingerprint density at radius 2 is 1.46 bits per heavy atom. The fourth-order valence-electron chi connectivity index (χ4n) is 4.39. The molecule has 6 heteroatoms. The van der Waals surface area contributed by atoms with Gasteiger partial charge in [0.1, 0.15) is 0 Å². The zero-order chi connectivity index (χ0) is 24.6. The van der Waals surface area contributed by atoms with Gasteiger partial charge in [0.25, 0.3) is 11.8 Å². The summed E-state index contributed by atoms with van der Waals surface area (Å²) in [7, 11) is 0. The van der Waals surface area contributed by atoms with Crippen LogP contribution < -0.4 is 5.32 Å². The number of carbonyl (C=O) groups is 2. The van der Waals surface area contributed by atoms with Crippen LogP contribution in [0, 0.1) is 3.57 Å². The lowest BCUT2D eigenvalue weighted by atomic mass is 9.95. The van der Waals surface area contributed by atoms with Gasteiger partial charge in [-0.05, 0) is 53.1 Å². The van der Waals surface area contributed by atoms with E-state index in [4.69, 9.17) is 0 Å². The third-order valence-corrected chi connectivity index (χ3v) is 7.17. The lowest BCUT2D eigenvalue weighted by molar-refractivity contribution is -0.119. The lowest BCUT2D eigenvalue weighted by Gasteiger charge is -2.29. The van der Waals surface area contributed by atoms with Crippen molar-refractivity contribution in [2.45, 2.75) is 44.7 Å². The molecule has 0 spiro atoms. The quantitative estimate of drug-likeness (QED) is 0.196. The van der Waals surface area contributed by atoms with Gasteiger partial charge in [-0.1, -0.05) is 92.1 Å². The number of aliphatic hydroxyl groups is 1. The molecule has 180 valence electrons. The first-order chi connectivity index (χ1) is 17.0. The van der Waals surface area contributed by atoms with Gasteiger partial charge in [-0.2, -0.15) is 0 Å². The maximum atomic E-state index is 13.9. The molecule has 35 heavy (non-hydrogen) atoms. The Balaban J connectivity index is 1.82. The third-order valence-electron chi connectivity index (χ3n) is 6.23. The Labute approximate surface area is 220 Å². The summed E-state index contributed by atoms with van der Waals surface area (Å²) >= 11 is 2.13. The van der Waals surface area contributed by atoms with Crippen molar-refractivity contribution in [2.24, 2.45) is 0 Å². The highest BCUT2D eigenvalue weighted by atomic mass is 127. The van der Waals surface area contributed by atoms with Gasteiger partial charge < -0.3 is 10.4 Å². The van der Waals surface area contributed by atoms with E-state index in [-0.39, 0.29) is 29.9 Å². The molecule has 0 saturated heterocycles. The second kappa shape index (κ2) is 12.0. The van der Waals surface area contributed by atoms with Crippen molar-refractivity contribution in [1.82, 2.24) is 10.2 Å². The standard InChI is InChI=1S/C29H29IN2O3/c30-25-19-11-10-18-24(25)29(35)32(20-21-12-4-1-5-13-21)26(27(33)22-14-6-2-7-15-22)28(34)31-23-16-8-3-9-17-23/h1-2,4-7,10-15,18-19,23,33H,3,8-9,16-17,20H2,(H,31,34)/b27-26+. The molecular weight excluding hydrogens is 551 g/mol. The summed E-state index contributed by atoms with van der Waals surface area (Å²) in [6, 6.07) is 25.7. The smallest absolute Gasteiger partial charge is 0.272 e. The zero-order valence-electron chi connectivity index (χ0n) is 19.5. The molecule has 0 atom stereocenters. The highest BCUT2D eigenvalue weighted by Crippen LogP contribution is 2.26. The maximum absolute atomic E-state index is 13.9. The summed E-state index contributed by atoms with van der Waals surface area (Å²) < 4.78 is 0.777. The normalized spacial score (nSPS) is 14.7. The largest absolute Gasteiger partial charge is 0.505 e. The zero-order valence-corrected chi connectivity index (χ0v) is 21.6. The van der Waals surface area contributed by atoms with Gasteiger partial charge in [0.05, 0.1) is 12.1 Å². The minimum Gasteiger partial charge on any atom is -0.505 e. The second-order valence-corrected chi connectivity index (χ2v) is 9.89. The van der Waals surface area contributed by atoms with Crippen LogP contribution in [0.5, 0.6) is 0 Å². The van der Waals surface area contributed by atoms with Crippen molar-refractivity contribution in [3.8, 4) is 0 Å². The van der Waals surface area contributed by atoms with E-state index in [9.17, 15) is 14.7 Å². The number of nitrogens with one attached hydrogen (secondary N) is 1. The summed E-state index contributed by atoms with van der Waals surface area (Å²) in [5.41, 5.74) is 1.79. The van der Waals surface area contributed by atoms with E-state index in [0.717, 1.165) is 41.2 Å². The van der Waals surface area contributed by atoms with Crippen LogP contribution in [0.15, 0.2) is 90.6 Å². The monoisotopic (exact) mass is 580 g/mol. The number of carbonyl (C=O) groups excluding carboxylic acids is 2. The average molecular weight is 580 g/mol. The van der Waals surface area contributed by atoms with E-state index in [1.165, 1.54) is 4.90 Å². The van der Waals surface area contributed by atoms with Gasteiger partial charge in [-0.25, -0.2) is 0 Å². The number of halogens is 1. The number of benzene rings is 3. The van der Waals surface area contributed by atoms with Crippen LogP contribution in [0.25, 0.3) is 5.76 Å². The summed E-state index contributed by atoms with van der Waals surface area (Å²) in [6.45, 7) is 0.148. The number of hydrogen-bond donors (Lipinski definition) is 2. The molecule has 0 heterocycles. The summed E-state index contributed by atoms with van der Waals surface area (Å²) in [5, 5.41) is 14.5. The van der Waals surface area contributed by atoms with E-state index in [1.54, 1.807) is 36.4 Å². The summed E-state index contributed by atoms with van der Waals surface area (Å²) in [4.78, 5) is 29.1. The van der Waals surface area contributed by atoms with Gasteiger partial charge >= 0.3 is 0 Å². The van der Waals surface area contributed by atoms with Crippen molar-refractivity contribution in [1.29, 1.82) is 0 Å². The molecular formula is C29H29IN2O3.